The molecule has 3 aromatic rings. The van der Waals surface area contributed by atoms with E-state index in [0.29, 0.717) is 29.7 Å². The molecule has 4 rings (SSSR count). The van der Waals surface area contributed by atoms with Crippen LogP contribution in [-0.2, 0) is 13.5 Å². The fourth-order valence-corrected chi connectivity index (χ4v) is 5.16. The van der Waals surface area contributed by atoms with Crippen molar-refractivity contribution >= 4 is 28.2 Å². The first-order valence-electron chi connectivity index (χ1n) is 11.8. The van der Waals surface area contributed by atoms with Crippen molar-refractivity contribution in [3.8, 4) is 6.07 Å². The summed E-state index contributed by atoms with van der Waals surface area (Å²) in [7, 11) is 1.93. The van der Waals surface area contributed by atoms with Crippen LogP contribution in [0.2, 0.25) is 0 Å². The van der Waals surface area contributed by atoms with Gasteiger partial charge in [0.15, 0.2) is 5.13 Å². The van der Waals surface area contributed by atoms with E-state index in [1.807, 2.05) is 38.6 Å². The minimum absolute atomic E-state index is 0.197. The van der Waals surface area contributed by atoms with Crippen molar-refractivity contribution in [1.82, 2.24) is 34.9 Å². The van der Waals surface area contributed by atoms with Crippen LogP contribution in [0.15, 0.2) is 11.4 Å². The Balaban J connectivity index is 1.37. The third kappa shape index (κ3) is 6.01. The van der Waals surface area contributed by atoms with Crippen molar-refractivity contribution in [1.29, 1.82) is 5.26 Å². The second-order valence-electron chi connectivity index (χ2n) is 8.93. The number of nitrogens with one attached hydrogen (secondary N) is 2. The summed E-state index contributed by atoms with van der Waals surface area (Å²) in [6, 6.07) is 4.11. The highest BCUT2D eigenvalue weighted by molar-refractivity contribution is 7.14. The number of hydrogen-bond acceptors (Lipinski definition) is 9. The molecule has 0 radical (unpaired) electrons. The summed E-state index contributed by atoms with van der Waals surface area (Å²) in [6.07, 6.45) is 2.75. The molecule has 2 N–H and O–H groups in total. The van der Waals surface area contributed by atoms with Gasteiger partial charge in [-0.25, -0.2) is 15.0 Å². The van der Waals surface area contributed by atoms with E-state index in [9.17, 15) is 4.79 Å². The molecule has 1 atom stereocenters. The van der Waals surface area contributed by atoms with E-state index in [-0.39, 0.29) is 11.8 Å². The summed E-state index contributed by atoms with van der Waals surface area (Å²) in [6.45, 7) is 8.64. The Morgan fingerprint density at radius 3 is 2.86 bits per heavy atom. The Bertz CT molecular complexity index is 1240. The SMILES string of the molecule is Cc1cc(Nc2nc(C(=O)NCCc3c(C)nn(C)c3C)cs2)nc([C@H]2CCCN(CC#N)C2)n1. The van der Waals surface area contributed by atoms with Crippen LogP contribution in [0.3, 0.4) is 0 Å². The first kappa shape index (κ1) is 24.8. The number of carbonyl (C=O) groups is 1. The summed E-state index contributed by atoms with van der Waals surface area (Å²) in [5.41, 5.74) is 4.51. The van der Waals surface area contributed by atoms with Crippen LogP contribution in [0.1, 0.15) is 57.7 Å². The van der Waals surface area contributed by atoms with Crippen molar-refractivity contribution in [3.63, 3.8) is 0 Å². The number of thiazole rings is 1. The predicted molar refractivity (Wildman–Crippen MR) is 135 cm³/mol. The number of piperidine rings is 1. The van der Waals surface area contributed by atoms with Crippen LogP contribution in [0.4, 0.5) is 10.9 Å². The van der Waals surface area contributed by atoms with E-state index in [1.165, 1.54) is 11.3 Å². The van der Waals surface area contributed by atoms with Gasteiger partial charge in [0.25, 0.3) is 5.91 Å². The van der Waals surface area contributed by atoms with Crippen LogP contribution >= 0.6 is 11.3 Å². The third-order valence-corrected chi connectivity index (χ3v) is 7.09. The topological polar surface area (TPSA) is 125 Å². The molecule has 1 saturated heterocycles. The lowest BCUT2D eigenvalue weighted by Crippen LogP contribution is -2.35. The Morgan fingerprint density at radius 2 is 2.11 bits per heavy atom. The van der Waals surface area contributed by atoms with Gasteiger partial charge in [-0.2, -0.15) is 10.4 Å². The van der Waals surface area contributed by atoms with Gasteiger partial charge in [0.1, 0.15) is 17.3 Å². The fraction of sp³-hybridized carbons (Fsp3) is 0.500. The van der Waals surface area contributed by atoms with Gasteiger partial charge >= 0.3 is 0 Å². The average molecular weight is 494 g/mol. The molecule has 4 heterocycles. The molecule has 0 bridgehead atoms. The minimum atomic E-state index is -0.201. The van der Waals surface area contributed by atoms with Crippen molar-refractivity contribution < 1.29 is 4.79 Å². The first-order chi connectivity index (χ1) is 16.8. The van der Waals surface area contributed by atoms with Crippen LogP contribution in [0.25, 0.3) is 0 Å². The maximum absolute atomic E-state index is 12.6. The number of amides is 1. The number of nitrogens with zero attached hydrogens (tertiary/aromatic N) is 7. The van der Waals surface area contributed by atoms with Gasteiger partial charge in [-0.1, -0.05) is 0 Å². The van der Waals surface area contributed by atoms with E-state index in [4.69, 9.17) is 10.2 Å². The van der Waals surface area contributed by atoms with E-state index < -0.39 is 0 Å². The predicted octanol–water partition coefficient (Wildman–Crippen LogP) is 3.01. The van der Waals surface area contributed by atoms with Gasteiger partial charge in [0, 0.05) is 48.9 Å². The second kappa shape index (κ2) is 10.9. The van der Waals surface area contributed by atoms with Crippen molar-refractivity contribution in [2.24, 2.45) is 7.05 Å². The number of aromatic nitrogens is 5. The van der Waals surface area contributed by atoms with Crippen molar-refractivity contribution in [2.75, 3.05) is 31.5 Å². The molecular weight excluding hydrogens is 462 g/mol. The Kier molecular flexibility index (Phi) is 7.73. The summed E-state index contributed by atoms with van der Waals surface area (Å²) < 4.78 is 1.86. The number of carbonyl (C=O) groups excluding carboxylic acids is 1. The molecule has 1 amide bonds. The highest BCUT2D eigenvalue weighted by Crippen LogP contribution is 2.27. The molecule has 184 valence electrons. The van der Waals surface area contributed by atoms with Crippen LogP contribution in [0, 0.1) is 32.1 Å². The summed E-state index contributed by atoms with van der Waals surface area (Å²) in [5.74, 6) is 1.44. The number of likely N-dealkylation sites (tertiary alicyclic amines) is 1. The zero-order chi connectivity index (χ0) is 24.9. The molecule has 0 spiro atoms. The molecule has 10 nitrogen and oxygen atoms in total. The standard InChI is InChI=1S/C24H31N9OS/c1-15-12-21(29-22(27-15)18-6-5-10-33(13-18)11-8-25)30-24-28-20(14-35-24)23(34)26-9-7-19-16(2)31-32(4)17(19)3/h12,14,18H,5-7,9-11,13H2,1-4H3,(H,26,34)(H,27,28,29,30)/t18-/m0/s1. The largest absolute Gasteiger partial charge is 0.350 e. The number of nitriles is 1. The summed E-state index contributed by atoms with van der Waals surface area (Å²) in [5, 5.41) is 22.0. The van der Waals surface area contributed by atoms with Gasteiger partial charge in [-0.3, -0.25) is 14.4 Å². The number of rotatable bonds is 8. The molecule has 35 heavy (non-hydrogen) atoms. The maximum atomic E-state index is 12.6. The minimum Gasteiger partial charge on any atom is -0.350 e. The maximum Gasteiger partial charge on any atom is 0.270 e. The highest BCUT2D eigenvalue weighted by atomic mass is 32.1. The normalized spacial score (nSPS) is 16.1. The first-order valence-corrected chi connectivity index (χ1v) is 12.7. The third-order valence-electron chi connectivity index (χ3n) is 6.33. The summed E-state index contributed by atoms with van der Waals surface area (Å²) in [4.78, 5) is 28.6. The molecule has 1 aliphatic heterocycles. The molecule has 0 aromatic carbocycles. The molecular formula is C24H31N9OS. The lowest BCUT2D eigenvalue weighted by atomic mass is 9.97. The van der Waals surface area contributed by atoms with Gasteiger partial charge in [-0.05, 0) is 52.1 Å². The smallest absolute Gasteiger partial charge is 0.270 e. The zero-order valence-corrected chi connectivity index (χ0v) is 21.4. The average Bonchev–Trinajstić information content (AvgIpc) is 3.38. The molecule has 0 unspecified atom stereocenters. The Morgan fingerprint density at radius 1 is 1.29 bits per heavy atom. The van der Waals surface area contributed by atoms with Crippen LogP contribution in [-0.4, -0.2) is 61.7 Å². The molecule has 1 fully saturated rings. The van der Waals surface area contributed by atoms with Gasteiger partial charge in [0.2, 0.25) is 0 Å². The quantitative estimate of drug-likeness (QED) is 0.459. The Hall–Kier alpha value is -3.36. The molecule has 11 heteroatoms. The van der Waals surface area contributed by atoms with E-state index in [1.54, 1.807) is 5.38 Å². The van der Waals surface area contributed by atoms with Crippen LogP contribution in [0.5, 0.6) is 0 Å². The van der Waals surface area contributed by atoms with Gasteiger partial charge < -0.3 is 10.6 Å². The van der Waals surface area contributed by atoms with Gasteiger partial charge in [0.05, 0.1) is 18.3 Å². The molecule has 0 saturated carbocycles. The lowest BCUT2D eigenvalue weighted by molar-refractivity contribution is 0.0950. The molecule has 0 aliphatic carbocycles. The monoisotopic (exact) mass is 493 g/mol. The highest BCUT2D eigenvalue weighted by Gasteiger charge is 2.24. The van der Waals surface area contributed by atoms with Crippen molar-refractivity contribution in [2.45, 2.75) is 46.0 Å². The lowest BCUT2D eigenvalue weighted by Gasteiger charge is -2.30. The van der Waals surface area contributed by atoms with Gasteiger partial charge in [-0.15, -0.1) is 11.3 Å². The molecule has 3 aromatic heterocycles. The molecule has 1 aliphatic rings. The summed E-state index contributed by atoms with van der Waals surface area (Å²) >= 11 is 1.36. The number of anilines is 2. The second-order valence-corrected chi connectivity index (χ2v) is 9.79. The Labute approximate surface area is 209 Å². The van der Waals surface area contributed by atoms with E-state index in [0.717, 1.165) is 60.8 Å². The number of hydrogen-bond donors (Lipinski definition) is 2. The number of aryl methyl sites for hydroxylation is 3. The zero-order valence-electron chi connectivity index (χ0n) is 20.6. The van der Waals surface area contributed by atoms with Crippen molar-refractivity contribution in [3.05, 3.63) is 45.6 Å². The van der Waals surface area contributed by atoms with E-state index in [2.05, 4.69) is 36.7 Å². The fourth-order valence-electron chi connectivity index (χ4n) is 4.46. The van der Waals surface area contributed by atoms with E-state index >= 15 is 0 Å². The van der Waals surface area contributed by atoms with Crippen LogP contribution < -0.4 is 10.6 Å².